The summed E-state index contributed by atoms with van der Waals surface area (Å²) in [5.74, 6) is -0.0404. The van der Waals surface area contributed by atoms with Crippen LogP contribution in [-0.2, 0) is 9.59 Å². The van der Waals surface area contributed by atoms with Gasteiger partial charge in [0.25, 0.3) is 0 Å². The van der Waals surface area contributed by atoms with Gasteiger partial charge in [-0.15, -0.1) is 0 Å². The van der Waals surface area contributed by atoms with E-state index in [0.29, 0.717) is 41.6 Å². The monoisotopic (exact) mass is 372 g/mol. The van der Waals surface area contributed by atoms with Crippen LogP contribution < -0.4 is 15.4 Å². The minimum atomic E-state index is -1.05. The summed E-state index contributed by atoms with van der Waals surface area (Å²) in [6.45, 7) is 4.25. The fourth-order valence-electron chi connectivity index (χ4n) is 2.75. The molecule has 0 radical (unpaired) electrons. The van der Waals surface area contributed by atoms with Gasteiger partial charge in [-0.1, -0.05) is 29.8 Å². The normalized spacial score (nSPS) is 14.4. The molecule has 0 aliphatic heterocycles. The Hall–Kier alpha value is -2.53. The number of amides is 2. The predicted octanol–water partition coefficient (Wildman–Crippen LogP) is 4.40. The molecule has 0 saturated heterocycles. The van der Waals surface area contributed by atoms with Crippen molar-refractivity contribution in [2.24, 2.45) is 5.41 Å². The van der Waals surface area contributed by atoms with Gasteiger partial charge in [-0.3, -0.25) is 9.59 Å². The highest BCUT2D eigenvalue weighted by Crippen LogP contribution is 2.48. The third-order valence-electron chi connectivity index (χ3n) is 4.50. The van der Waals surface area contributed by atoms with Crippen LogP contribution in [0.3, 0.4) is 0 Å². The lowest BCUT2D eigenvalue weighted by Gasteiger charge is -2.18. The molecule has 6 heteroatoms. The molecule has 0 heterocycles. The van der Waals surface area contributed by atoms with E-state index >= 15 is 0 Å². The first kappa shape index (κ1) is 18.3. The number of rotatable bonds is 6. The van der Waals surface area contributed by atoms with Crippen LogP contribution in [0, 0.1) is 12.3 Å². The van der Waals surface area contributed by atoms with Crippen molar-refractivity contribution >= 4 is 34.8 Å². The zero-order valence-corrected chi connectivity index (χ0v) is 15.5. The van der Waals surface area contributed by atoms with Gasteiger partial charge >= 0.3 is 0 Å². The summed E-state index contributed by atoms with van der Waals surface area (Å²) in [6.07, 6.45) is 1.03. The quantitative estimate of drug-likeness (QED) is 0.738. The van der Waals surface area contributed by atoms with Crippen LogP contribution in [0.2, 0.25) is 5.02 Å². The van der Waals surface area contributed by atoms with Gasteiger partial charge in [0, 0.05) is 10.7 Å². The maximum atomic E-state index is 12.8. The van der Waals surface area contributed by atoms with Crippen molar-refractivity contribution in [3.05, 3.63) is 53.1 Å². The molecule has 2 amide bonds. The first-order valence-corrected chi connectivity index (χ1v) is 8.95. The van der Waals surface area contributed by atoms with E-state index in [1.54, 1.807) is 24.3 Å². The second-order valence-corrected chi connectivity index (χ2v) is 6.82. The molecule has 0 unspecified atom stereocenters. The van der Waals surface area contributed by atoms with Crippen molar-refractivity contribution in [1.82, 2.24) is 0 Å². The third-order valence-corrected chi connectivity index (χ3v) is 4.74. The minimum absolute atomic E-state index is 0.311. The highest BCUT2D eigenvalue weighted by molar-refractivity contribution is 6.31. The number of nitrogens with one attached hydrogen (secondary N) is 2. The lowest BCUT2D eigenvalue weighted by molar-refractivity contribution is -0.131. The van der Waals surface area contributed by atoms with E-state index in [0.717, 1.165) is 5.56 Å². The molecular formula is C20H21ClN2O3. The Morgan fingerprint density at radius 3 is 2.38 bits per heavy atom. The van der Waals surface area contributed by atoms with Crippen molar-refractivity contribution < 1.29 is 14.3 Å². The molecule has 0 spiro atoms. The van der Waals surface area contributed by atoms with Crippen LogP contribution >= 0.6 is 11.6 Å². The van der Waals surface area contributed by atoms with Crippen molar-refractivity contribution in [1.29, 1.82) is 0 Å². The molecule has 5 nitrogen and oxygen atoms in total. The fourth-order valence-corrected chi connectivity index (χ4v) is 2.92. The molecule has 26 heavy (non-hydrogen) atoms. The first-order chi connectivity index (χ1) is 12.5. The lowest BCUT2D eigenvalue weighted by Crippen LogP contribution is -2.35. The number of ether oxygens (including phenoxy) is 1. The van der Waals surface area contributed by atoms with Gasteiger partial charge in [0.2, 0.25) is 11.8 Å². The Morgan fingerprint density at radius 2 is 1.73 bits per heavy atom. The smallest absolute Gasteiger partial charge is 0.240 e. The number of carbonyl (C=O) groups is 2. The van der Waals surface area contributed by atoms with Crippen LogP contribution in [0.5, 0.6) is 5.75 Å². The van der Waals surface area contributed by atoms with Gasteiger partial charge in [-0.2, -0.15) is 0 Å². The number of carbonyl (C=O) groups excluding carboxylic acids is 2. The SMILES string of the molecule is CCOc1ccccc1NC(=O)C1(C(=O)Nc2cc(Cl)ccc2C)CC1. The van der Waals surface area contributed by atoms with Gasteiger partial charge < -0.3 is 15.4 Å². The van der Waals surface area contributed by atoms with Crippen molar-refractivity contribution in [3.8, 4) is 5.75 Å². The number of hydrogen-bond acceptors (Lipinski definition) is 3. The molecule has 136 valence electrons. The van der Waals surface area contributed by atoms with Crippen molar-refractivity contribution in [3.63, 3.8) is 0 Å². The number of para-hydroxylation sites is 2. The summed E-state index contributed by atoms with van der Waals surface area (Å²) < 4.78 is 5.53. The van der Waals surface area contributed by atoms with E-state index in [4.69, 9.17) is 16.3 Å². The number of aryl methyl sites for hydroxylation is 1. The zero-order valence-electron chi connectivity index (χ0n) is 14.8. The highest BCUT2D eigenvalue weighted by atomic mass is 35.5. The Labute approximate surface area is 157 Å². The van der Waals surface area contributed by atoms with Gasteiger partial charge in [0.05, 0.1) is 12.3 Å². The Bertz CT molecular complexity index is 847. The average Bonchev–Trinajstić information content (AvgIpc) is 3.42. The topological polar surface area (TPSA) is 67.4 Å². The summed E-state index contributed by atoms with van der Waals surface area (Å²) in [5.41, 5.74) is 1.03. The number of hydrogen-bond donors (Lipinski definition) is 2. The predicted molar refractivity (Wildman–Crippen MR) is 103 cm³/mol. The van der Waals surface area contributed by atoms with Gasteiger partial charge in [0.15, 0.2) is 0 Å². The number of anilines is 2. The van der Waals surface area contributed by atoms with E-state index in [-0.39, 0.29) is 11.8 Å². The molecule has 1 aliphatic rings. The van der Waals surface area contributed by atoms with E-state index in [2.05, 4.69) is 10.6 Å². The molecule has 1 fully saturated rings. The Balaban J connectivity index is 1.75. The van der Waals surface area contributed by atoms with Crippen LogP contribution in [-0.4, -0.2) is 18.4 Å². The summed E-state index contributed by atoms with van der Waals surface area (Å²) in [7, 11) is 0. The molecule has 0 aromatic heterocycles. The summed E-state index contributed by atoms with van der Waals surface area (Å²) >= 11 is 6.00. The second kappa shape index (κ2) is 7.38. The zero-order chi connectivity index (χ0) is 18.7. The lowest BCUT2D eigenvalue weighted by atomic mass is 10.0. The molecule has 0 atom stereocenters. The summed E-state index contributed by atoms with van der Waals surface area (Å²) in [4.78, 5) is 25.5. The fraction of sp³-hybridized carbons (Fsp3) is 0.300. The van der Waals surface area contributed by atoms with Crippen LogP contribution in [0.1, 0.15) is 25.3 Å². The maximum Gasteiger partial charge on any atom is 0.240 e. The van der Waals surface area contributed by atoms with Crippen molar-refractivity contribution in [2.75, 3.05) is 17.2 Å². The van der Waals surface area contributed by atoms with Crippen LogP contribution in [0.15, 0.2) is 42.5 Å². The number of halogens is 1. The molecule has 1 saturated carbocycles. The number of benzene rings is 2. The van der Waals surface area contributed by atoms with Gasteiger partial charge in [-0.25, -0.2) is 0 Å². The van der Waals surface area contributed by atoms with E-state index in [9.17, 15) is 9.59 Å². The standard InChI is InChI=1S/C20H21ClN2O3/c1-3-26-17-7-5-4-6-15(17)22-18(24)20(10-11-20)19(25)23-16-12-14(21)9-8-13(16)2/h4-9,12H,3,10-11H2,1-2H3,(H,22,24)(H,23,25). The summed E-state index contributed by atoms with van der Waals surface area (Å²) in [5, 5.41) is 6.22. The third kappa shape index (κ3) is 3.68. The maximum absolute atomic E-state index is 12.8. The Morgan fingerprint density at radius 1 is 1.08 bits per heavy atom. The minimum Gasteiger partial charge on any atom is -0.492 e. The molecule has 1 aliphatic carbocycles. The molecule has 2 aromatic rings. The van der Waals surface area contributed by atoms with Crippen LogP contribution in [0.4, 0.5) is 11.4 Å². The molecule has 3 rings (SSSR count). The molecule has 2 N–H and O–H groups in total. The van der Waals surface area contributed by atoms with Gasteiger partial charge in [-0.05, 0) is 56.5 Å². The Kier molecular flexibility index (Phi) is 5.18. The molecule has 0 bridgehead atoms. The van der Waals surface area contributed by atoms with Crippen molar-refractivity contribution in [2.45, 2.75) is 26.7 Å². The van der Waals surface area contributed by atoms with E-state index in [1.807, 2.05) is 32.0 Å². The molecular weight excluding hydrogens is 352 g/mol. The largest absolute Gasteiger partial charge is 0.492 e. The van der Waals surface area contributed by atoms with E-state index < -0.39 is 5.41 Å². The summed E-state index contributed by atoms with van der Waals surface area (Å²) in [6, 6.07) is 12.5. The second-order valence-electron chi connectivity index (χ2n) is 6.38. The highest BCUT2D eigenvalue weighted by Gasteiger charge is 2.56. The first-order valence-electron chi connectivity index (χ1n) is 8.57. The van der Waals surface area contributed by atoms with Gasteiger partial charge in [0.1, 0.15) is 11.2 Å². The van der Waals surface area contributed by atoms with Crippen LogP contribution in [0.25, 0.3) is 0 Å². The van der Waals surface area contributed by atoms with E-state index in [1.165, 1.54) is 0 Å². The average molecular weight is 373 g/mol. The molecule has 2 aromatic carbocycles.